The fourth-order valence-corrected chi connectivity index (χ4v) is 1.67. The number of rotatable bonds is 6. The van der Waals surface area contributed by atoms with Gasteiger partial charge in [-0.3, -0.25) is 9.59 Å². The summed E-state index contributed by atoms with van der Waals surface area (Å²) in [5.74, 6) is -0.672. The minimum atomic E-state index is -0.681. The number of nitrogens with two attached hydrogens (primary N) is 2. The summed E-state index contributed by atoms with van der Waals surface area (Å²) in [4.78, 5) is 23.6. The highest BCUT2D eigenvalue weighted by molar-refractivity contribution is 6.04. The molecule has 22 heavy (non-hydrogen) atoms. The minimum Gasteiger partial charge on any atom is -0.493 e. The van der Waals surface area contributed by atoms with Crippen molar-refractivity contribution in [3.63, 3.8) is 0 Å². The Kier molecular flexibility index (Phi) is 7.69. The maximum Gasteiger partial charge on any atom is 0.250 e. The van der Waals surface area contributed by atoms with Gasteiger partial charge in [-0.05, 0) is 13.0 Å². The van der Waals surface area contributed by atoms with Crippen molar-refractivity contribution in [2.75, 3.05) is 19.5 Å². The molecule has 0 aromatic heterocycles. The number of hydrogen-bond acceptors (Lipinski definition) is 5. The number of carbonyl (C=O) groups excluding carboxylic acids is 2. The number of halogens is 1. The van der Waals surface area contributed by atoms with Crippen LogP contribution in [0.5, 0.6) is 11.5 Å². The van der Waals surface area contributed by atoms with Gasteiger partial charge in [-0.1, -0.05) is 6.92 Å². The topological polar surface area (TPSA) is 117 Å². The van der Waals surface area contributed by atoms with Crippen molar-refractivity contribution in [3.05, 3.63) is 17.7 Å². The van der Waals surface area contributed by atoms with E-state index in [-0.39, 0.29) is 35.6 Å². The molecular formula is C14H22ClN3O4. The molecule has 2 amide bonds. The van der Waals surface area contributed by atoms with Crippen molar-refractivity contribution in [3.8, 4) is 11.5 Å². The molecule has 0 saturated heterocycles. The molecule has 1 rings (SSSR count). The molecule has 0 aliphatic carbocycles. The van der Waals surface area contributed by atoms with Gasteiger partial charge in [0, 0.05) is 12.1 Å². The molecule has 0 spiro atoms. The Balaban J connectivity index is 0.00000441. The number of ether oxygens (including phenoxy) is 2. The lowest BCUT2D eigenvalue weighted by Crippen LogP contribution is -2.34. The zero-order chi connectivity index (χ0) is 16.2. The van der Waals surface area contributed by atoms with Gasteiger partial charge in [0.2, 0.25) is 5.91 Å². The van der Waals surface area contributed by atoms with Gasteiger partial charge in [0.1, 0.15) is 0 Å². The maximum atomic E-state index is 12.1. The van der Waals surface area contributed by atoms with Crippen LogP contribution in [0.25, 0.3) is 0 Å². The summed E-state index contributed by atoms with van der Waals surface area (Å²) in [5, 5.41) is 2.64. The number of hydrogen-bond donors (Lipinski definition) is 3. The van der Waals surface area contributed by atoms with E-state index in [4.69, 9.17) is 20.9 Å². The SMILES string of the molecule is COc1cc(NC(=O)C(C)C(C)N)c(C(N)=O)cc1OC.Cl. The fraction of sp³-hybridized carbons (Fsp3) is 0.429. The number of methoxy groups -OCH3 is 2. The average Bonchev–Trinajstić information content (AvgIpc) is 2.45. The van der Waals surface area contributed by atoms with E-state index in [1.807, 2.05) is 0 Å². The molecule has 124 valence electrons. The molecule has 2 unspecified atom stereocenters. The van der Waals surface area contributed by atoms with Crippen molar-refractivity contribution in [2.45, 2.75) is 19.9 Å². The van der Waals surface area contributed by atoms with Crippen LogP contribution in [0.2, 0.25) is 0 Å². The largest absolute Gasteiger partial charge is 0.493 e. The Morgan fingerprint density at radius 2 is 1.64 bits per heavy atom. The highest BCUT2D eigenvalue weighted by atomic mass is 35.5. The van der Waals surface area contributed by atoms with E-state index >= 15 is 0 Å². The van der Waals surface area contributed by atoms with Gasteiger partial charge in [-0.2, -0.15) is 0 Å². The standard InChI is InChI=1S/C14H21N3O4.ClH/c1-7(8(2)15)14(19)17-10-6-12(21-4)11(20-3)5-9(10)13(16)18;/h5-8H,15H2,1-4H3,(H2,16,18)(H,17,19);1H. The molecule has 0 heterocycles. The van der Waals surface area contributed by atoms with Crippen LogP contribution < -0.4 is 26.3 Å². The first-order valence-electron chi connectivity index (χ1n) is 6.44. The lowest BCUT2D eigenvalue weighted by molar-refractivity contribution is -0.119. The van der Waals surface area contributed by atoms with Crippen molar-refractivity contribution < 1.29 is 19.1 Å². The zero-order valence-corrected chi connectivity index (χ0v) is 13.8. The van der Waals surface area contributed by atoms with Crippen LogP contribution in [-0.2, 0) is 4.79 Å². The predicted molar refractivity (Wildman–Crippen MR) is 86.8 cm³/mol. The van der Waals surface area contributed by atoms with E-state index in [9.17, 15) is 9.59 Å². The Bertz CT molecular complexity index is 549. The summed E-state index contributed by atoms with van der Waals surface area (Å²) in [5.41, 5.74) is 11.4. The van der Waals surface area contributed by atoms with Gasteiger partial charge in [0.05, 0.1) is 31.4 Å². The molecule has 7 nitrogen and oxygen atoms in total. The number of nitrogens with one attached hydrogen (secondary N) is 1. The van der Waals surface area contributed by atoms with Crippen LogP contribution in [-0.4, -0.2) is 32.1 Å². The quantitative estimate of drug-likeness (QED) is 0.722. The Hall–Kier alpha value is -1.99. The second-order valence-electron chi connectivity index (χ2n) is 4.75. The van der Waals surface area contributed by atoms with Crippen LogP contribution in [0.4, 0.5) is 5.69 Å². The molecule has 0 aliphatic heterocycles. The van der Waals surface area contributed by atoms with Crippen LogP contribution in [0.3, 0.4) is 0 Å². The summed E-state index contributed by atoms with van der Waals surface area (Å²) in [6.45, 7) is 3.43. The minimum absolute atomic E-state index is 0. The van der Waals surface area contributed by atoms with Crippen molar-refractivity contribution in [1.82, 2.24) is 0 Å². The van der Waals surface area contributed by atoms with Crippen LogP contribution in [0.15, 0.2) is 12.1 Å². The number of primary amides is 1. The van der Waals surface area contributed by atoms with Gasteiger partial charge in [0.15, 0.2) is 11.5 Å². The summed E-state index contributed by atoms with van der Waals surface area (Å²) >= 11 is 0. The van der Waals surface area contributed by atoms with Crippen molar-refractivity contribution in [2.24, 2.45) is 17.4 Å². The molecule has 0 bridgehead atoms. The molecule has 8 heteroatoms. The van der Waals surface area contributed by atoms with E-state index in [0.717, 1.165) is 0 Å². The Morgan fingerprint density at radius 3 is 2.05 bits per heavy atom. The van der Waals surface area contributed by atoms with Gasteiger partial charge >= 0.3 is 0 Å². The molecule has 0 fully saturated rings. The van der Waals surface area contributed by atoms with Crippen LogP contribution >= 0.6 is 12.4 Å². The number of anilines is 1. The average molecular weight is 332 g/mol. The highest BCUT2D eigenvalue weighted by Gasteiger charge is 2.21. The van der Waals surface area contributed by atoms with E-state index in [1.54, 1.807) is 13.8 Å². The lowest BCUT2D eigenvalue weighted by Gasteiger charge is -2.18. The maximum absolute atomic E-state index is 12.1. The third kappa shape index (κ3) is 4.51. The number of benzene rings is 1. The smallest absolute Gasteiger partial charge is 0.250 e. The molecule has 0 aliphatic rings. The monoisotopic (exact) mass is 331 g/mol. The van der Waals surface area contributed by atoms with E-state index < -0.39 is 11.8 Å². The molecule has 1 aromatic rings. The molecule has 0 radical (unpaired) electrons. The highest BCUT2D eigenvalue weighted by Crippen LogP contribution is 2.33. The molecule has 5 N–H and O–H groups in total. The zero-order valence-electron chi connectivity index (χ0n) is 13.0. The molecule has 0 saturated carbocycles. The molecular weight excluding hydrogens is 310 g/mol. The Labute approximate surface area is 135 Å². The Morgan fingerprint density at radius 1 is 1.14 bits per heavy atom. The van der Waals surface area contributed by atoms with Gasteiger partial charge in [0.25, 0.3) is 5.91 Å². The van der Waals surface area contributed by atoms with E-state index in [2.05, 4.69) is 5.32 Å². The second-order valence-corrected chi connectivity index (χ2v) is 4.75. The second kappa shape index (κ2) is 8.45. The van der Waals surface area contributed by atoms with Crippen LogP contribution in [0, 0.1) is 5.92 Å². The third-order valence-corrected chi connectivity index (χ3v) is 3.25. The van der Waals surface area contributed by atoms with Gasteiger partial charge in [-0.25, -0.2) is 0 Å². The summed E-state index contributed by atoms with van der Waals surface area (Å²) in [6, 6.07) is 2.60. The lowest BCUT2D eigenvalue weighted by atomic mass is 10.0. The van der Waals surface area contributed by atoms with E-state index in [0.29, 0.717) is 11.5 Å². The van der Waals surface area contributed by atoms with Crippen molar-refractivity contribution >= 4 is 29.9 Å². The molecule has 1 aromatic carbocycles. The fourth-order valence-electron chi connectivity index (χ4n) is 1.67. The number of amides is 2. The first-order chi connectivity index (χ1) is 9.81. The molecule has 2 atom stereocenters. The first kappa shape index (κ1) is 20.0. The predicted octanol–water partition coefficient (Wildman–Crippen LogP) is 1.15. The summed E-state index contributed by atoms with van der Waals surface area (Å²) in [6.07, 6.45) is 0. The normalized spacial score (nSPS) is 12.6. The van der Waals surface area contributed by atoms with Gasteiger partial charge < -0.3 is 26.3 Å². The summed E-state index contributed by atoms with van der Waals surface area (Å²) < 4.78 is 10.3. The van der Waals surface area contributed by atoms with Crippen molar-refractivity contribution in [1.29, 1.82) is 0 Å². The van der Waals surface area contributed by atoms with E-state index in [1.165, 1.54) is 26.4 Å². The van der Waals surface area contributed by atoms with Crippen LogP contribution in [0.1, 0.15) is 24.2 Å². The van der Waals surface area contributed by atoms with Gasteiger partial charge in [-0.15, -0.1) is 12.4 Å². The summed E-state index contributed by atoms with van der Waals surface area (Å²) in [7, 11) is 2.90. The number of carbonyl (C=O) groups is 2. The third-order valence-electron chi connectivity index (χ3n) is 3.25. The first-order valence-corrected chi connectivity index (χ1v) is 6.44.